The zero-order valence-corrected chi connectivity index (χ0v) is 19.9. The van der Waals surface area contributed by atoms with Crippen LogP contribution in [0.5, 0.6) is 0 Å². The quantitative estimate of drug-likeness (QED) is 0.449. The maximum absolute atomic E-state index is 13.1. The van der Waals surface area contributed by atoms with Crippen LogP contribution < -0.4 is 10.0 Å². The van der Waals surface area contributed by atoms with Crippen LogP contribution in [0.1, 0.15) is 41.5 Å². The number of thioether (sulfide) groups is 1. The van der Waals surface area contributed by atoms with Gasteiger partial charge in [-0.15, -0.1) is 10.2 Å². The topological polar surface area (TPSA) is 115 Å². The largest absolute Gasteiger partial charge is 0.377 e. The van der Waals surface area contributed by atoms with Gasteiger partial charge in [0.05, 0.1) is 17.0 Å². The van der Waals surface area contributed by atoms with Crippen molar-refractivity contribution in [1.29, 1.82) is 0 Å². The first-order valence-electron chi connectivity index (χ1n) is 10.8. The number of nitrogens with one attached hydrogen (secondary N) is 2. The van der Waals surface area contributed by atoms with Gasteiger partial charge in [0.15, 0.2) is 11.5 Å². The molecule has 0 bridgehead atoms. The molecule has 9 nitrogen and oxygen atoms in total. The van der Waals surface area contributed by atoms with Crippen LogP contribution in [0, 0.1) is 0 Å². The lowest BCUT2D eigenvalue weighted by Crippen LogP contribution is -2.32. The number of pyridine rings is 1. The Morgan fingerprint density at radius 2 is 2.15 bits per heavy atom. The molecule has 176 valence electrons. The molecule has 1 fully saturated rings. The Morgan fingerprint density at radius 1 is 1.27 bits per heavy atom. The average molecular weight is 490 g/mol. The summed E-state index contributed by atoms with van der Waals surface area (Å²) >= 11 is 1.67. The van der Waals surface area contributed by atoms with Crippen molar-refractivity contribution in [1.82, 2.24) is 24.6 Å². The van der Waals surface area contributed by atoms with Gasteiger partial charge in [0.25, 0.3) is 5.91 Å². The number of sulfonamides is 1. The Balaban J connectivity index is 1.51. The molecular formula is C22H27N5O4S2. The predicted molar refractivity (Wildman–Crippen MR) is 127 cm³/mol. The number of fused-ring (bicyclic) bond motifs is 1. The van der Waals surface area contributed by atoms with Gasteiger partial charge in [-0.3, -0.25) is 9.20 Å². The maximum Gasteiger partial charge on any atom is 0.251 e. The minimum absolute atomic E-state index is 0.0433. The Bertz CT molecular complexity index is 1210. The van der Waals surface area contributed by atoms with Crippen molar-refractivity contribution in [2.24, 2.45) is 0 Å². The average Bonchev–Trinajstić information content (AvgIpc) is 3.50. The van der Waals surface area contributed by atoms with Crippen LogP contribution in [0.2, 0.25) is 0 Å². The van der Waals surface area contributed by atoms with E-state index in [0.717, 1.165) is 18.6 Å². The summed E-state index contributed by atoms with van der Waals surface area (Å²) in [6.07, 6.45) is 6.17. The van der Waals surface area contributed by atoms with E-state index in [1.807, 2.05) is 35.1 Å². The molecule has 0 spiro atoms. The molecule has 1 saturated heterocycles. The van der Waals surface area contributed by atoms with Crippen LogP contribution in [0.3, 0.4) is 0 Å². The Hall–Kier alpha value is -2.47. The molecule has 0 aliphatic carbocycles. The maximum atomic E-state index is 13.1. The van der Waals surface area contributed by atoms with Crippen LogP contribution in [-0.4, -0.2) is 60.2 Å². The molecule has 0 saturated carbocycles. The molecule has 1 amide bonds. The van der Waals surface area contributed by atoms with Gasteiger partial charge >= 0.3 is 0 Å². The molecule has 2 aromatic heterocycles. The summed E-state index contributed by atoms with van der Waals surface area (Å²) in [6, 6.07) is 11.3. The molecule has 2 unspecified atom stereocenters. The third-order valence-corrected chi connectivity index (χ3v) is 7.56. The van der Waals surface area contributed by atoms with Gasteiger partial charge in [-0.2, -0.15) is 11.8 Å². The molecule has 1 aliphatic heterocycles. The van der Waals surface area contributed by atoms with Gasteiger partial charge in [-0.1, -0.05) is 12.1 Å². The number of amides is 1. The number of aromatic nitrogens is 3. The van der Waals surface area contributed by atoms with Crippen LogP contribution >= 0.6 is 11.8 Å². The highest BCUT2D eigenvalue weighted by atomic mass is 32.2. The SMILES string of the molecule is CSCCC(NC(=O)c1cccc(S(=O)(=O)NCC2CCCO2)c1)c1nnc2ccccn12. The van der Waals surface area contributed by atoms with E-state index < -0.39 is 10.0 Å². The summed E-state index contributed by atoms with van der Waals surface area (Å²) in [5.74, 6) is 1.08. The number of ether oxygens (including phenoxy) is 1. The number of hydrogen-bond donors (Lipinski definition) is 2. The molecule has 1 aromatic carbocycles. The number of nitrogens with zero attached hydrogens (tertiary/aromatic N) is 3. The molecule has 0 radical (unpaired) electrons. The Kier molecular flexibility index (Phi) is 7.63. The number of hydrogen-bond acceptors (Lipinski definition) is 7. The highest BCUT2D eigenvalue weighted by molar-refractivity contribution is 7.98. The lowest BCUT2D eigenvalue weighted by Gasteiger charge is -2.17. The van der Waals surface area contributed by atoms with Crippen molar-refractivity contribution in [2.45, 2.75) is 36.3 Å². The molecule has 3 heterocycles. The fraction of sp³-hybridized carbons (Fsp3) is 0.409. The molecule has 1 aliphatic rings. The highest BCUT2D eigenvalue weighted by Crippen LogP contribution is 2.20. The summed E-state index contributed by atoms with van der Waals surface area (Å²) in [5.41, 5.74) is 0.958. The number of benzene rings is 1. The summed E-state index contributed by atoms with van der Waals surface area (Å²) in [4.78, 5) is 13.1. The summed E-state index contributed by atoms with van der Waals surface area (Å²) < 4.78 is 35.4. The summed E-state index contributed by atoms with van der Waals surface area (Å²) in [5, 5.41) is 11.5. The van der Waals surface area contributed by atoms with Gasteiger partial charge in [0.1, 0.15) is 0 Å². The Labute approximate surface area is 197 Å². The third kappa shape index (κ3) is 5.72. The Morgan fingerprint density at radius 3 is 2.94 bits per heavy atom. The lowest BCUT2D eigenvalue weighted by molar-refractivity contribution is 0.0933. The van der Waals surface area contributed by atoms with E-state index in [4.69, 9.17) is 4.74 Å². The third-order valence-electron chi connectivity index (χ3n) is 5.50. The molecule has 2 atom stereocenters. The first-order chi connectivity index (χ1) is 16.0. The van der Waals surface area contributed by atoms with Crippen molar-refractivity contribution in [3.05, 3.63) is 60.0 Å². The summed E-state index contributed by atoms with van der Waals surface area (Å²) in [6.45, 7) is 0.872. The van der Waals surface area contributed by atoms with E-state index in [2.05, 4.69) is 20.2 Å². The zero-order valence-electron chi connectivity index (χ0n) is 18.3. The van der Waals surface area contributed by atoms with Crippen LogP contribution in [0.25, 0.3) is 5.65 Å². The van der Waals surface area contributed by atoms with Gasteiger partial charge < -0.3 is 10.1 Å². The van der Waals surface area contributed by atoms with Crippen molar-refractivity contribution in [3.63, 3.8) is 0 Å². The normalized spacial score (nSPS) is 17.3. The minimum atomic E-state index is -3.76. The standard InChI is InChI=1S/C22H27N5O4S2/c1-32-13-10-19(21-26-25-20-9-2-3-11-27(20)21)24-22(28)16-6-4-8-18(14-16)33(29,30)23-15-17-7-5-12-31-17/h2-4,6,8-9,11,14,17,19,23H,5,7,10,12-13,15H2,1H3,(H,24,28). The number of carbonyl (C=O) groups is 1. The van der Waals surface area contributed by atoms with Gasteiger partial charge in [-0.25, -0.2) is 13.1 Å². The highest BCUT2D eigenvalue weighted by Gasteiger charge is 2.23. The predicted octanol–water partition coefficient (Wildman–Crippen LogP) is 2.41. The van der Waals surface area contributed by atoms with E-state index in [1.165, 1.54) is 12.1 Å². The molecule has 33 heavy (non-hydrogen) atoms. The van der Waals surface area contributed by atoms with Gasteiger partial charge in [0.2, 0.25) is 10.0 Å². The van der Waals surface area contributed by atoms with Crippen molar-refractivity contribution >= 4 is 33.3 Å². The monoisotopic (exact) mass is 489 g/mol. The van der Waals surface area contributed by atoms with Crippen LogP contribution in [0.4, 0.5) is 0 Å². The first kappa shape index (κ1) is 23.7. The van der Waals surface area contributed by atoms with E-state index in [1.54, 1.807) is 23.9 Å². The smallest absolute Gasteiger partial charge is 0.251 e. The van der Waals surface area contributed by atoms with Gasteiger partial charge in [-0.05, 0) is 61.6 Å². The second kappa shape index (κ2) is 10.6. The summed E-state index contributed by atoms with van der Waals surface area (Å²) in [7, 11) is -3.76. The van der Waals surface area contributed by atoms with Crippen molar-refractivity contribution in [2.75, 3.05) is 25.2 Å². The number of carbonyl (C=O) groups excluding carboxylic acids is 1. The zero-order chi connectivity index (χ0) is 23.3. The van der Waals surface area contributed by atoms with E-state index in [9.17, 15) is 13.2 Å². The van der Waals surface area contributed by atoms with E-state index in [0.29, 0.717) is 24.5 Å². The lowest BCUT2D eigenvalue weighted by atomic mass is 10.1. The fourth-order valence-corrected chi connectivity index (χ4v) is 5.32. The second-order valence-electron chi connectivity index (χ2n) is 7.81. The van der Waals surface area contributed by atoms with E-state index >= 15 is 0 Å². The second-order valence-corrected chi connectivity index (χ2v) is 10.6. The van der Waals surface area contributed by atoms with Gasteiger partial charge in [0, 0.05) is 24.9 Å². The molecule has 11 heteroatoms. The molecule has 4 rings (SSSR count). The molecule has 3 aromatic rings. The van der Waals surface area contributed by atoms with Crippen molar-refractivity contribution in [3.8, 4) is 0 Å². The fourth-order valence-electron chi connectivity index (χ4n) is 3.74. The van der Waals surface area contributed by atoms with Crippen molar-refractivity contribution < 1.29 is 17.9 Å². The van der Waals surface area contributed by atoms with Crippen LogP contribution in [0.15, 0.2) is 53.6 Å². The van der Waals surface area contributed by atoms with E-state index in [-0.39, 0.29) is 35.1 Å². The molecular weight excluding hydrogens is 462 g/mol. The molecule has 2 N–H and O–H groups in total. The van der Waals surface area contributed by atoms with Crippen LogP contribution in [-0.2, 0) is 14.8 Å². The first-order valence-corrected chi connectivity index (χ1v) is 13.7. The minimum Gasteiger partial charge on any atom is -0.377 e. The number of rotatable bonds is 10.